The average molecular weight is 431 g/mol. The van der Waals surface area contributed by atoms with Crippen molar-refractivity contribution in [2.75, 3.05) is 29.9 Å². The number of para-hydroxylation sites is 1. The number of nitrogens with zero attached hydrogens (tertiary/aromatic N) is 2. The minimum absolute atomic E-state index is 0.455. The summed E-state index contributed by atoms with van der Waals surface area (Å²) in [5.74, 6) is -1.28. The van der Waals surface area contributed by atoms with Gasteiger partial charge in [0.25, 0.3) is 0 Å². The Morgan fingerprint density at radius 3 is 2.50 bits per heavy atom. The number of aryl methyl sites for hydroxylation is 2. The van der Waals surface area contributed by atoms with E-state index in [1.165, 1.54) is 30.5 Å². The van der Waals surface area contributed by atoms with Crippen LogP contribution in [0.3, 0.4) is 0 Å². The number of amides is 2. The van der Waals surface area contributed by atoms with Crippen LogP contribution in [0.2, 0.25) is 0 Å². The molecule has 6 nitrogen and oxygen atoms in total. The van der Waals surface area contributed by atoms with Crippen LogP contribution in [-0.2, 0) is 16.0 Å². The van der Waals surface area contributed by atoms with Gasteiger partial charge in [0, 0.05) is 36.4 Å². The number of benzene rings is 2. The largest absolute Gasteiger partial charge is 0.372 e. The zero-order chi connectivity index (χ0) is 22.3. The lowest BCUT2D eigenvalue weighted by Gasteiger charge is -2.28. The van der Waals surface area contributed by atoms with E-state index in [0.717, 1.165) is 42.5 Å². The number of hydrogen-bond acceptors (Lipinski definition) is 4. The molecule has 1 saturated heterocycles. The lowest BCUT2D eigenvalue weighted by molar-refractivity contribution is -0.136. The maximum Gasteiger partial charge on any atom is 0.313 e. The minimum Gasteiger partial charge on any atom is -0.372 e. The third kappa shape index (κ3) is 5.44. The van der Waals surface area contributed by atoms with Crippen LogP contribution in [0.4, 0.5) is 11.4 Å². The lowest BCUT2D eigenvalue weighted by Crippen LogP contribution is -2.36. The molecular formula is C26H30N4O2. The first-order valence-electron chi connectivity index (χ1n) is 11.4. The number of rotatable bonds is 6. The zero-order valence-corrected chi connectivity index (χ0v) is 18.6. The average Bonchev–Trinajstić information content (AvgIpc) is 2.82. The smallest absolute Gasteiger partial charge is 0.313 e. The van der Waals surface area contributed by atoms with Gasteiger partial charge in [-0.15, -0.1) is 0 Å². The molecule has 0 atom stereocenters. The summed E-state index contributed by atoms with van der Waals surface area (Å²) in [5.41, 5.74) is 4.70. The van der Waals surface area contributed by atoms with Crippen molar-refractivity contribution in [3.8, 4) is 0 Å². The van der Waals surface area contributed by atoms with Crippen LogP contribution in [0.1, 0.15) is 36.9 Å². The predicted octanol–water partition coefficient (Wildman–Crippen LogP) is 4.22. The molecule has 166 valence electrons. The molecule has 1 aliphatic heterocycles. The number of carbonyl (C=O) groups excluding carboxylic acids is 2. The first-order chi connectivity index (χ1) is 15.6. The van der Waals surface area contributed by atoms with E-state index in [0.29, 0.717) is 12.2 Å². The highest BCUT2D eigenvalue weighted by molar-refractivity contribution is 6.40. The van der Waals surface area contributed by atoms with E-state index in [9.17, 15) is 9.59 Å². The Balaban J connectivity index is 1.24. The van der Waals surface area contributed by atoms with Crippen molar-refractivity contribution < 1.29 is 9.59 Å². The summed E-state index contributed by atoms with van der Waals surface area (Å²) >= 11 is 0. The Morgan fingerprint density at radius 1 is 0.969 bits per heavy atom. The zero-order valence-electron chi connectivity index (χ0n) is 18.6. The van der Waals surface area contributed by atoms with E-state index < -0.39 is 11.8 Å². The van der Waals surface area contributed by atoms with E-state index in [1.807, 2.05) is 31.2 Å². The van der Waals surface area contributed by atoms with Gasteiger partial charge in [0.2, 0.25) is 0 Å². The molecule has 1 fully saturated rings. The van der Waals surface area contributed by atoms with Crippen LogP contribution in [0, 0.1) is 6.92 Å². The summed E-state index contributed by atoms with van der Waals surface area (Å²) in [4.78, 5) is 31.5. The summed E-state index contributed by atoms with van der Waals surface area (Å²) in [7, 11) is 0. The van der Waals surface area contributed by atoms with E-state index in [1.54, 1.807) is 6.07 Å². The van der Waals surface area contributed by atoms with Gasteiger partial charge < -0.3 is 15.5 Å². The van der Waals surface area contributed by atoms with Gasteiger partial charge in [0.15, 0.2) is 0 Å². The van der Waals surface area contributed by atoms with Crippen molar-refractivity contribution in [2.24, 2.45) is 0 Å². The third-order valence-corrected chi connectivity index (χ3v) is 5.88. The van der Waals surface area contributed by atoms with E-state index >= 15 is 0 Å². The highest BCUT2D eigenvalue weighted by Crippen LogP contribution is 2.23. The van der Waals surface area contributed by atoms with Gasteiger partial charge in [-0.3, -0.25) is 14.6 Å². The number of hydrogen-bond donors (Lipinski definition) is 2. The number of piperidine rings is 1. The fourth-order valence-electron chi connectivity index (χ4n) is 4.19. The van der Waals surface area contributed by atoms with Gasteiger partial charge in [-0.1, -0.05) is 30.3 Å². The van der Waals surface area contributed by atoms with Gasteiger partial charge in [-0.25, -0.2) is 0 Å². The van der Waals surface area contributed by atoms with Gasteiger partial charge in [0.05, 0.1) is 11.2 Å². The second-order valence-corrected chi connectivity index (χ2v) is 8.36. The summed E-state index contributed by atoms with van der Waals surface area (Å²) in [6.07, 6.45) is 5.50. The molecule has 2 N–H and O–H groups in total. The van der Waals surface area contributed by atoms with E-state index in [4.69, 9.17) is 0 Å². The fourth-order valence-corrected chi connectivity index (χ4v) is 4.19. The van der Waals surface area contributed by atoms with Gasteiger partial charge in [-0.05, 0) is 68.9 Å². The van der Waals surface area contributed by atoms with Crippen molar-refractivity contribution in [2.45, 2.75) is 39.0 Å². The van der Waals surface area contributed by atoms with Gasteiger partial charge >= 0.3 is 11.8 Å². The second kappa shape index (κ2) is 10.3. The monoisotopic (exact) mass is 430 g/mol. The first-order valence-corrected chi connectivity index (χ1v) is 11.4. The van der Waals surface area contributed by atoms with Crippen molar-refractivity contribution >= 4 is 34.1 Å². The number of aromatic nitrogens is 1. The molecule has 6 heteroatoms. The number of carbonyl (C=O) groups is 2. The molecule has 0 bridgehead atoms. The predicted molar refractivity (Wildman–Crippen MR) is 129 cm³/mol. The summed E-state index contributed by atoms with van der Waals surface area (Å²) in [6.45, 7) is 4.60. The Hall–Kier alpha value is -3.41. The summed E-state index contributed by atoms with van der Waals surface area (Å²) in [6, 6.07) is 18.0. The van der Waals surface area contributed by atoms with E-state index in [2.05, 4.69) is 44.8 Å². The van der Waals surface area contributed by atoms with Crippen LogP contribution in [-0.4, -0.2) is 36.4 Å². The van der Waals surface area contributed by atoms with Crippen molar-refractivity contribution in [3.63, 3.8) is 0 Å². The van der Waals surface area contributed by atoms with Gasteiger partial charge in [0.1, 0.15) is 0 Å². The Kier molecular flexibility index (Phi) is 7.00. The molecule has 4 rings (SSSR count). The third-order valence-electron chi connectivity index (χ3n) is 5.88. The fraction of sp³-hybridized carbons (Fsp3) is 0.346. The molecule has 0 unspecified atom stereocenters. The standard InChI is InChI=1S/C26H30N4O2/c1-19-18-24(22-9-3-4-10-23(22)28-19)29-26(32)25(31)27-15-7-8-20-11-13-21(14-12-20)30-16-5-2-6-17-30/h3-4,9-14,18H,2,5-8,15-17H2,1H3,(H,27,31)(H,28,29,32). The summed E-state index contributed by atoms with van der Waals surface area (Å²) < 4.78 is 0. The maximum atomic E-state index is 12.4. The SMILES string of the molecule is Cc1cc(NC(=O)C(=O)NCCCc2ccc(N3CCCCC3)cc2)c2ccccc2n1. The van der Waals surface area contributed by atoms with Crippen molar-refractivity contribution in [1.29, 1.82) is 0 Å². The van der Waals surface area contributed by atoms with Crippen LogP contribution < -0.4 is 15.5 Å². The highest BCUT2D eigenvalue weighted by Gasteiger charge is 2.15. The molecule has 1 aromatic heterocycles. The summed E-state index contributed by atoms with van der Waals surface area (Å²) in [5, 5.41) is 6.26. The quantitative estimate of drug-likeness (QED) is 0.454. The molecule has 1 aliphatic rings. The number of pyridine rings is 1. The number of anilines is 2. The van der Waals surface area contributed by atoms with Crippen LogP contribution in [0.5, 0.6) is 0 Å². The lowest BCUT2D eigenvalue weighted by atomic mass is 10.1. The molecule has 0 spiro atoms. The van der Waals surface area contributed by atoms with Crippen LogP contribution in [0.15, 0.2) is 54.6 Å². The van der Waals surface area contributed by atoms with Gasteiger partial charge in [-0.2, -0.15) is 0 Å². The topological polar surface area (TPSA) is 74.3 Å². The second-order valence-electron chi connectivity index (χ2n) is 8.36. The maximum absolute atomic E-state index is 12.4. The minimum atomic E-state index is -0.661. The molecule has 32 heavy (non-hydrogen) atoms. The molecule has 2 amide bonds. The Bertz CT molecular complexity index is 1090. The van der Waals surface area contributed by atoms with Crippen LogP contribution >= 0.6 is 0 Å². The molecule has 2 aromatic carbocycles. The first kappa shape index (κ1) is 21.8. The molecule has 3 aromatic rings. The Labute approximate surface area is 189 Å². The van der Waals surface area contributed by atoms with Crippen LogP contribution in [0.25, 0.3) is 10.9 Å². The molecular weight excluding hydrogens is 400 g/mol. The van der Waals surface area contributed by atoms with E-state index in [-0.39, 0.29) is 0 Å². The molecule has 2 heterocycles. The normalized spacial score (nSPS) is 13.7. The van der Waals surface area contributed by atoms with Crippen molar-refractivity contribution in [1.82, 2.24) is 10.3 Å². The number of nitrogens with one attached hydrogen (secondary N) is 2. The molecule has 0 radical (unpaired) electrons. The molecule has 0 aliphatic carbocycles. The number of fused-ring (bicyclic) bond motifs is 1. The highest BCUT2D eigenvalue weighted by atomic mass is 16.2. The Morgan fingerprint density at radius 2 is 1.72 bits per heavy atom. The van der Waals surface area contributed by atoms with Crippen molar-refractivity contribution in [3.05, 3.63) is 65.9 Å². The molecule has 0 saturated carbocycles.